The molecule has 0 saturated heterocycles. The Morgan fingerprint density at radius 1 is 1.10 bits per heavy atom. The lowest BCUT2D eigenvalue weighted by molar-refractivity contribution is 0.0734. The number of carbonyl (C=O) groups is 1. The van der Waals surface area contributed by atoms with E-state index < -0.39 is 5.97 Å². The van der Waals surface area contributed by atoms with Crippen molar-refractivity contribution in [3.05, 3.63) is 88.1 Å². The second-order valence-corrected chi connectivity index (χ2v) is 7.46. The molecule has 0 spiro atoms. The number of hydrogen-bond donors (Lipinski definition) is 2. The van der Waals surface area contributed by atoms with Gasteiger partial charge in [-0.2, -0.15) is 5.10 Å². The first kappa shape index (κ1) is 22.4. The van der Waals surface area contributed by atoms with E-state index in [1.54, 1.807) is 61.7 Å². The third-order valence-corrected chi connectivity index (χ3v) is 4.66. The number of benzene rings is 3. The molecule has 3 aromatic carbocycles. The molecule has 2 N–H and O–H groups in total. The lowest BCUT2D eigenvalue weighted by atomic mass is 10.2. The van der Waals surface area contributed by atoms with Gasteiger partial charge in [0, 0.05) is 15.7 Å². The van der Waals surface area contributed by atoms with Crippen LogP contribution in [0.2, 0.25) is 0 Å². The molecule has 0 amide bonds. The van der Waals surface area contributed by atoms with Crippen molar-refractivity contribution in [2.24, 2.45) is 5.10 Å². The summed E-state index contributed by atoms with van der Waals surface area (Å²) in [6, 6.07) is 17.5. The molecule has 0 aliphatic rings. The molecule has 0 unspecified atom stereocenters. The molecule has 3 rings (SSSR count). The SMILES string of the molecule is COc1ccc(C(=O)Oc2ccc(Br)cc2/C=N\NC(=S)Nc2ccc(F)cc2)cc1. The Kier molecular flexibility index (Phi) is 7.69. The maximum absolute atomic E-state index is 13.0. The van der Waals surface area contributed by atoms with Gasteiger partial charge in [-0.3, -0.25) is 5.43 Å². The van der Waals surface area contributed by atoms with Gasteiger partial charge in [0.05, 0.1) is 18.9 Å². The van der Waals surface area contributed by atoms with E-state index in [9.17, 15) is 9.18 Å². The van der Waals surface area contributed by atoms with Crippen LogP contribution in [0.4, 0.5) is 10.1 Å². The maximum atomic E-state index is 13.0. The van der Waals surface area contributed by atoms with Crippen LogP contribution in [-0.2, 0) is 0 Å². The summed E-state index contributed by atoms with van der Waals surface area (Å²) in [6.07, 6.45) is 1.47. The van der Waals surface area contributed by atoms with Crippen LogP contribution in [0.25, 0.3) is 0 Å². The van der Waals surface area contributed by atoms with Crippen molar-refractivity contribution in [3.63, 3.8) is 0 Å². The van der Waals surface area contributed by atoms with E-state index in [-0.39, 0.29) is 10.9 Å². The van der Waals surface area contributed by atoms with E-state index >= 15 is 0 Å². The molecule has 9 heteroatoms. The largest absolute Gasteiger partial charge is 0.497 e. The number of esters is 1. The van der Waals surface area contributed by atoms with Crippen LogP contribution >= 0.6 is 28.1 Å². The van der Waals surface area contributed by atoms with Crippen molar-refractivity contribution >= 4 is 51.1 Å². The van der Waals surface area contributed by atoms with Crippen LogP contribution in [0.1, 0.15) is 15.9 Å². The zero-order valence-corrected chi connectivity index (χ0v) is 18.7. The number of thiocarbonyl (C=S) groups is 1. The van der Waals surface area contributed by atoms with E-state index in [2.05, 4.69) is 31.8 Å². The fraction of sp³-hybridized carbons (Fsp3) is 0.0455. The van der Waals surface area contributed by atoms with Gasteiger partial charge < -0.3 is 14.8 Å². The molecule has 158 valence electrons. The average Bonchev–Trinajstić information content (AvgIpc) is 2.77. The molecule has 0 fully saturated rings. The molecule has 6 nitrogen and oxygen atoms in total. The molecule has 0 bridgehead atoms. The van der Waals surface area contributed by atoms with E-state index in [0.717, 1.165) is 4.47 Å². The van der Waals surface area contributed by atoms with Crippen molar-refractivity contribution in [3.8, 4) is 11.5 Å². The van der Waals surface area contributed by atoms with Gasteiger partial charge in [-0.1, -0.05) is 15.9 Å². The Bertz CT molecular complexity index is 1110. The smallest absolute Gasteiger partial charge is 0.343 e. The monoisotopic (exact) mass is 501 g/mol. The molecule has 3 aromatic rings. The molecule has 0 saturated carbocycles. The van der Waals surface area contributed by atoms with Crippen molar-refractivity contribution in [1.82, 2.24) is 5.43 Å². The number of halogens is 2. The Labute approximate surface area is 192 Å². The van der Waals surface area contributed by atoms with Gasteiger partial charge >= 0.3 is 5.97 Å². The van der Waals surface area contributed by atoms with Crippen LogP contribution in [0.15, 0.2) is 76.3 Å². The normalized spacial score (nSPS) is 10.5. The number of ether oxygens (including phenoxy) is 2. The summed E-state index contributed by atoms with van der Waals surface area (Å²) in [4.78, 5) is 12.5. The highest BCUT2D eigenvalue weighted by molar-refractivity contribution is 9.10. The molecular weight excluding hydrogens is 485 g/mol. The van der Waals surface area contributed by atoms with Crippen molar-refractivity contribution in [2.45, 2.75) is 0 Å². The van der Waals surface area contributed by atoms with Gasteiger partial charge in [0.25, 0.3) is 0 Å². The molecule has 0 radical (unpaired) electrons. The Balaban J connectivity index is 1.66. The Morgan fingerprint density at radius 2 is 1.81 bits per heavy atom. The Morgan fingerprint density at radius 3 is 2.48 bits per heavy atom. The first-order chi connectivity index (χ1) is 14.9. The number of hydrazone groups is 1. The summed E-state index contributed by atoms with van der Waals surface area (Å²) in [5.74, 6) is 0.117. The van der Waals surface area contributed by atoms with Gasteiger partial charge in [-0.15, -0.1) is 0 Å². The number of carbonyl (C=O) groups excluding carboxylic acids is 1. The van der Waals surface area contributed by atoms with Crippen molar-refractivity contribution in [2.75, 3.05) is 12.4 Å². The highest BCUT2D eigenvalue weighted by atomic mass is 79.9. The van der Waals surface area contributed by atoms with E-state index in [1.807, 2.05) is 0 Å². The summed E-state index contributed by atoms with van der Waals surface area (Å²) in [6.45, 7) is 0. The number of hydrogen-bond acceptors (Lipinski definition) is 5. The minimum atomic E-state index is -0.513. The van der Waals surface area contributed by atoms with Crippen molar-refractivity contribution < 1.29 is 18.7 Å². The predicted octanol–water partition coefficient (Wildman–Crippen LogP) is 5.14. The average molecular weight is 502 g/mol. The quantitative estimate of drug-likeness (QED) is 0.160. The molecule has 0 atom stereocenters. The third-order valence-electron chi connectivity index (χ3n) is 3.97. The summed E-state index contributed by atoms with van der Waals surface area (Å²) in [7, 11) is 1.55. The molecule has 0 aromatic heterocycles. The number of methoxy groups -OCH3 is 1. The Hall–Kier alpha value is -3.30. The number of rotatable bonds is 6. The fourth-order valence-corrected chi connectivity index (χ4v) is 3.00. The van der Waals surface area contributed by atoms with Gasteiger partial charge in [-0.25, -0.2) is 9.18 Å². The van der Waals surface area contributed by atoms with Gasteiger partial charge in [0.15, 0.2) is 5.11 Å². The van der Waals surface area contributed by atoms with Gasteiger partial charge in [-0.05, 0) is 78.9 Å². The molecule has 0 aliphatic heterocycles. The second-order valence-electron chi connectivity index (χ2n) is 6.13. The lowest BCUT2D eigenvalue weighted by Gasteiger charge is -2.09. The van der Waals surface area contributed by atoms with Crippen LogP contribution in [0, 0.1) is 5.82 Å². The zero-order chi connectivity index (χ0) is 22.2. The van der Waals surface area contributed by atoms with Gasteiger partial charge in [0.1, 0.15) is 17.3 Å². The third kappa shape index (κ3) is 6.59. The topological polar surface area (TPSA) is 72.0 Å². The highest BCUT2D eigenvalue weighted by Crippen LogP contribution is 2.23. The predicted molar refractivity (Wildman–Crippen MR) is 125 cm³/mol. The van der Waals surface area contributed by atoms with Crippen LogP contribution in [0.3, 0.4) is 0 Å². The van der Waals surface area contributed by atoms with E-state index in [4.69, 9.17) is 21.7 Å². The van der Waals surface area contributed by atoms with Crippen LogP contribution in [-0.4, -0.2) is 24.4 Å². The number of nitrogens with one attached hydrogen (secondary N) is 2. The zero-order valence-electron chi connectivity index (χ0n) is 16.3. The number of anilines is 1. The van der Waals surface area contributed by atoms with E-state index in [0.29, 0.717) is 28.3 Å². The number of nitrogens with zero attached hydrogens (tertiary/aromatic N) is 1. The van der Waals surface area contributed by atoms with E-state index in [1.165, 1.54) is 18.3 Å². The lowest BCUT2D eigenvalue weighted by Crippen LogP contribution is -2.23. The van der Waals surface area contributed by atoms with Crippen LogP contribution < -0.4 is 20.2 Å². The minimum absolute atomic E-state index is 0.217. The molecule has 0 heterocycles. The molecule has 0 aliphatic carbocycles. The highest BCUT2D eigenvalue weighted by Gasteiger charge is 2.12. The van der Waals surface area contributed by atoms with Gasteiger partial charge in [0.2, 0.25) is 0 Å². The summed E-state index contributed by atoms with van der Waals surface area (Å²) in [5, 5.41) is 7.18. The van der Waals surface area contributed by atoms with Crippen LogP contribution in [0.5, 0.6) is 11.5 Å². The first-order valence-corrected chi connectivity index (χ1v) is 10.2. The summed E-state index contributed by atoms with van der Waals surface area (Å²) < 4.78 is 24.4. The second kappa shape index (κ2) is 10.6. The van der Waals surface area contributed by atoms with Crippen molar-refractivity contribution in [1.29, 1.82) is 0 Å². The minimum Gasteiger partial charge on any atom is -0.497 e. The molecular formula is C22H17BrFN3O3S. The molecule has 31 heavy (non-hydrogen) atoms. The summed E-state index contributed by atoms with van der Waals surface area (Å²) >= 11 is 8.55. The first-order valence-electron chi connectivity index (χ1n) is 8.96. The summed E-state index contributed by atoms with van der Waals surface area (Å²) in [5.41, 5.74) is 4.21. The standard InChI is InChI=1S/C22H17BrFN3O3S/c1-29-19-9-2-14(3-10-19)21(28)30-20-11-4-16(23)12-15(20)13-25-27-22(31)26-18-7-5-17(24)6-8-18/h2-13H,1H3,(H2,26,27,31)/b25-13-. The fourth-order valence-electron chi connectivity index (χ4n) is 2.45. The maximum Gasteiger partial charge on any atom is 0.343 e.